The molecule has 150 valence electrons. The summed E-state index contributed by atoms with van der Waals surface area (Å²) >= 11 is 3.07. The molecule has 0 atom stereocenters. The number of hydrogen-bond acceptors (Lipinski definition) is 6. The molecular weight excluding hydrogens is 414 g/mol. The Balaban J connectivity index is 0.00000280. The van der Waals surface area contributed by atoms with Gasteiger partial charge in [0, 0.05) is 18.0 Å². The van der Waals surface area contributed by atoms with Crippen LogP contribution in [0.2, 0.25) is 0 Å². The molecule has 2 aromatic carbocycles. The molecule has 0 fully saturated rings. The number of thioether (sulfide) groups is 1. The third-order valence-corrected chi connectivity index (χ3v) is 6.04. The topological polar surface area (TPSA) is 45.7 Å². The number of anilines is 1. The van der Waals surface area contributed by atoms with Gasteiger partial charge in [-0.05, 0) is 38.4 Å². The lowest BCUT2D eigenvalue weighted by Crippen LogP contribution is -2.37. The van der Waals surface area contributed by atoms with Crippen molar-refractivity contribution in [3.8, 4) is 5.75 Å². The minimum atomic E-state index is 0. The Morgan fingerprint density at radius 1 is 1.11 bits per heavy atom. The van der Waals surface area contributed by atoms with Gasteiger partial charge in [-0.25, -0.2) is 4.98 Å². The van der Waals surface area contributed by atoms with Crippen LogP contribution in [0.15, 0.2) is 53.4 Å². The zero-order chi connectivity index (χ0) is 19.2. The van der Waals surface area contributed by atoms with Crippen molar-refractivity contribution in [3.05, 3.63) is 48.5 Å². The van der Waals surface area contributed by atoms with Crippen molar-refractivity contribution in [2.45, 2.75) is 4.90 Å². The van der Waals surface area contributed by atoms with Gasteiger partial charge in [-0.2, -0.15) is 0 Å². The quantitative estimate of drug-likeness (QED) is 0.488. The average Bonchev–Trinajstić information content (AvgIpc) is 3.11. The molecule has 8 heteroatoms. The first-order valence-corrected chi connectivity index (χ1v) is 10.4. The van der Waals surface area contributed by atoms with Crippen molar-refractivity contribution in [2.75, 3.05) is 44.9 Å². The molecule has 0 spiro atoms. The van der Waals surface area contributed by atoms with Gasteiger partial charge >= 0.3 is 0 Å². The predicted molar refractivity (Wildman–Crippen MR) is 121 cm³/mol. The summed E-state index contributed by atoms with van der Waals surface area (Å²) in [7, 11) is 5.64. The van der Waals surface area contributed by atoms with Crippen LogP contribution < -0.4 is 9.64 Å². The number of likely N-dealkylation sites (N-methyl/N-ethyl adjacent to an activating group) is 1. The third-order valence-electron chi connectivity index (χ3n) is 4.00. The number of fused-ring (bicyclic) bond motifs is 1. The molecule has 0 bridgehead atoms. The van der Waals surface area contributed by atoms with Crippen molar-refractivity contribution in [1.82, 2.24) is 9.88 Å². The van der Waals surface area contributed by atoms with Gasteiger partial charge in [-0.15, -0.1) is 24.2 Å². The summed E-state index contributed by atoms with van der Waals surface area (Å²) in [6.45, 7) is 1.37. The summed E-state index contributed by atoms with van der Waals surface area (Å²) in [5.74, 6) is 1.17. The number of ether oxygens (including phenoxy) is 1. The molecule has 0 unspecified atom stereocenters. The summed E-state index contributed by atoms with van der Waals surface area (Å²) in [4.78, 5) is 22.6. The van der Waals surface area contributed by atoms with E-state index in [0.29, 0.717) is 12.3 Å². The van der Waals surface area contributed by atoms with E-state index < -0.39 is 0 Å². The molecule has 28 heavy (non-hydrogen) atoms. The van der Waals surface area contributed by atoms with Gasteiger partial charge < -0.3 is 9.64 Å². The maximum atomic E-state index is 13.0. The highest BCUT2D eigenvalue weighted by Crippen LogP contribution is 2.34. The normalized spacial score (nSPS) is 10.7. The standard InChI is InChI=1S/C20H23N3O2S2.ClH/c1-22(2)12-13-23(18(24)14-26-15-8-5-4-6-9-15)20-21-19-16(25-3)10-7-11-17(19)27-20;/h4-11H,12-14H2,1-3H3;1H. The Bertz CT molecular complexity index is 903. The number of hydrogen-bond donors (Lipinski definition) is 0. The number of methoxy groups -OCH3 is 1. The number of rotatable bonds is 8. The lowest BCUT2D eigenvalue weighted by molar-refractivity contribution is -0.116. The SMILES string of the molecule is COc1cccc2sc(N(CCN(C)C)C(=O)CSc3ccccc3)nc12.Cl. The number of carbonyl (C=O) groups is 1. The lowest BCUT2D eigenvalue weighted by atomic mass is 10.3. The van der Waals surface area contributed by atoms with Gasteiger partial charge in [0.25, 0.3) is 0 Å². The molecule has 1 heterocycles. The summed E-state index contributed by atoms with van der Waals surface area (Å²) in [5.41, 5.74) is 0.804. The Kier molecular flexibility index (Phi) is 8.57. The van der Waals surface area contributed by atoms with Crippen LogP contribution in [0.1, 0.15) is 0 Å². The Morgan fingerprint density at radius 2 is 1.86 bits per heavy atom. The first kappa shape index (κ1) is 22.5. The Labute approximate surface area is 180 Å². The van der Waals surface area contributed by atoms with Crippen LogP contribution in [0.3, 0.4) is 0 Å². The highest BCUT2D eigenvalue weighted by Gasteiger charge is 2.21. The van der Waals surface area contributed by atoms with E-state index in [1.54, 1.807) is 23.8 Å². The van der Waals surface area contributed by atoms with Crippen LogP contribution in [0.4, 0.5) is 5.13 Å². The van der Waals surface area contributed by atoms with Crippen LogP contribution in [0.5, 0.6) is 5.75 Å². The number of benzene rings is 2. The third kappa shape index (κ3) is 5.61. The Morgan fingerprint density at radius 3 is 2.54 bits per heavy atom. The highest BCUT2D eigenvalue weighted by molar-refractivity contribution is 8.00. The zero-order valence-corrected chi connectivity index (χ0v) is 18.6. The maximum Gasteiger partial charge on any atom is 0.239 e. The molecule has 3 aromatic rings. The second kappa shape index (κ2) is 10.7. The molecule has 5 nitrogen and oxygen atoms in total. The van der Waals surface area contributed by atoms with Gasteiger partial charge in [0.15, 0.2) is 5.13 Å². The van der Waals surface area contributed by atoms with E-state index in [9.17, 15) is 4.79 Å². The fourth-order valence-corrected chi connectivity index (χ4v) is 4.38. The van der Waals surface area contributed by atoms with E-state index in [4.69, 9.17) is 9.72 Å². The summed E-state index contributed by atoms with van der Waals surface area (Å²) < 4.78 is 6.43. The molecule has 0 aliphatic heterocycles. The molecule has 1 amide bonds. The van der Waals surface area contributed by atoms with Gasteiger partial charge in [0.1, 0.15) is 11.3 Å². The van der Waals surface area contributed by atoms with Gasteiger partial charge in [0.2, 0.25) is 5.91 Å². The molecule has 0 saturated heterocycles. The van der Waals surface area contributed by atoms with Gasteiger partial charge in [-0.1, -0.05) is 35.6 Å². The summed E-state index contributed by atoms with van der Waals surface area (Å²) in [6.07, 6.45) is 0. The second-order valence-electron chi connectivity index (χ2n) is 6.25. The molecule has 0 aliphatic carbocycles. The minimum absolute atomic E-state index is 0. The zero-order valence-electron chi connectivity index (χ0n) is 16.1. The summed E-state index contributed by atoms with van der Waals surface area (Å²) in [6, 6.07) is 15.8. The number of para-hydroxylation sites is 1. The number of carbonyl (C=O) groups excluding carboxylic acids is 1. The summed E-state index contributed by atoms with van der Waals surface area (Å²) in [5, 5.41) is 0.718. The van der Waals surface area contributed by atoms with Crippen molar-refractivity contribution in [1.29, 1.82) is 0 Å². The van der Waals surface area contributed by atoms with Crippen molar-refractivity contribution >= 4 is 56.8 Å². The van der Waals surface area contributed by atoms with Gasteiger partial charge in [-0.3, -0.25) is 9.69 Å². The average molecular weight is 438 g/mol. The molecule has 1 aromatic heterocycles. The predicted octanol–water partition coefficient (Wildman–Crippen LogP) is 4.41. The number of nitrogens with zero attached hydrogens (tertiary/aromatic N) is 3. The highest BCUT2D eigenvalue weighted by atomic mass is 35.5. The van der Waals surface area contributed by atoms with Crippen molar-refractivity contribution in [2.24, 2.45) is 0 Å². The van der Waals surface area contributed by atoms with Crippen molar-refractivity contribution < 1.29 is 9.53 Å². The lowest BCUT2D eigenvalue weighted by Gasteiger charge is -2.21. The van der Waals surface area contributed by atoms with Crippen molar-refractivity contribution in [3.63, 3.8) is 0 Å². The van der Waals surface area contributed by atoms with E-state index >= 15 is 0 Å². The molecule has 0 N–H and O–H groups in total. The number of halogens is 1. The van der Waals surface area contributed by atoms with Crippen LogP contribution in [-0.2, 0) is 4.79 Å². The first-order chi connectivity index (χ1) is 13.1. The van der Waals surface area contributed by atoms with E-state index in [2.05, 4.69) is 4.90 Å². The molecular formula is C20H24ClN3O2S2. The Hall–Kier alpha value is -1.80. The van der Waals surface area contributed by atoms with Crippen LogP contribution in [0.25, 0.3) is 10.2 Å². The first-order valence-electron chi connectivity index (χ1n) is 8.65. The fraction of sp³-hybridized carbons (Fsp3) is 0.300. The fourth-order valence-electron chi connectivity index (χ4n) is 2.56. The van der Waals surface area contributed by atoms with Crippen LogP contribution in [-0.4, -0.2) is 55.8 Å². The maximum absolute atomic E-state index is 13.0. The monoisotopic (exact) mass is 437 g/mol. The minimum Gasteiger partial charge on any atom is -0.494 e. The second-order valence-corrected chi connectivity index (χ2v) is 8.31. The number of thiazole rings is 1. The van der Waals surface area contributed by atoms with E-state index in [1.165, 1.54) is 11.3 Å². The molecule has 0 radical (unpaired) electrons. The van der Waals surface area contributed by atoms with Crippen LogP contribution >= 0.6 is 35.5 Å². The molecule has 3 rings (SSSR count). The number of aromatic nitrogens is 1. The molecule has 0 aliphatic rings. The van der Waals surface area contributed by atoms with E-state index in [1.807, 2.05) is 62.6 Å². The van der Waals surface area contributed by atoms with E-state index in [-0.39, 0.29) is 18.3 Å². The van der Waals surface area contributed by atoms with Crippen LogP contribution in [0, 0.1) is 0 Å². The molecule has 0 saturated carbocycles. The van der Waals surface area contributed by atoms with E-state index in [0.717, 1.165) is 32.5 Å². The van der Waals surface area contributed by atoms with Gasteiger partial charge in [0.05, 0.1) is 17.6 Å². The smallest absolute Gasteiger partial charge is 0.239 e. The largest absolute Gasteiger partial charge is 0.494 e. The number of amides is 1.